The summed E-state index contributed by atoms with van der Waals surface area (Å²) in [7, 11) is 0. The molecule has 0 atom stereocenters. The van der Waals surface area contributed by atoms with Gasteiger partial charge in [-0.25, -0.2) is 0 Å². The second-order valence-corrected chi connectivity index (χ2v) is 0. The van der Waals surface area contributed by atoms with Crippen LogP contribution in [0.1, 0.15) is 0 Å². The van der Waals surface area contributed by atoms with Gasteiger partial charge in [-0.3, -0.25) is 0 Å². The maximum Gasteiger partial charge on any atom is 0 e. The maximum absolute atomic E-state index is 0. The molecule has 32 valence electrons. The van der Waals surface area contributed by atoms with E-state index >= 15 is 0 Å². The van der Waals surface area contributed by atoms with Crippen LogP contribution in [0.5, 0.6) is 0 Å². The smallest absolute Gasteiger partial charge is 0 e. The molecular weight excluding hydrogens is 463 g/mol. The molecule has 0 spiro atoms. The molecule has 2 N–H and O–H groups in total. The van der Waals surface area contributed by atoms with E-state index in [-0.39, 0.29) is 128 Å². The first kappa shape index (κ1) is 36.1. The van der Waals surface area contributed by atoms with E-state index in [4.69, 9.17) is 0 Å². The minimum Gasteiger partial charge on any atom is 0 e. The fraction of sp³-hybridized carbons (Fsp3) is 0. The molecule has 5 heteroatoms. The molecule has 5 heavy (non-hydrogen) atoms. The van der Waals surface area contributed by atoms with Crippen LogP contribution in [0.25, 0.3) is 0 Å². The first-order chi connectivity index (χ1) is 0. The van der Waals surface area contributed by atoms with Gasteiger partial charge in [-0.05, 0) is 0 Å². The Morgan fingerprint density at radius 3 is 1.00 bits per heavy atom. The summed E-state index contributed by atoms with van der Waals surface area (Å²) in [5, 5.41) is 0. The molecule has 0 saturated carbocycles. The van der Waals surface area contributed by atoms with E-state index in [1.807, 2.05) is 0 Å². The van der Waals surface area contributed by atoms with Gasteiger partial charge in [0, 0.05) is 49.8 Å². The minimum absolute atomic E-state index is 0. The second-order valence-electron chi connectivity index (χ2n) is 0. The number of hydrogen-bond donors (Lipinski definition) is 0. The van der Waals surface area contributed by atoms with Crippen molar-refractivity contribution in [2.45, 2.75) is 0 Å². The van der Waals surface area contributed by atoms with E-state index in [0.717, 1.165) is 0 Å². The van der Waals surface area contributed by atoms with Gasteiger partial charge < -0.3 is 5.48 Å². The summed E-state index contributed by atoms with van der Waals surface area (Å²) in [5.74, 6) is 0. The molecule has 0 aliphatic carbocycles. The SMILES string of the molecule is O.[Cu].[PbH2].[SrH2].[Y]. The third-order valence-corrected chi connectivity index (χ3v) is 0. The van der Waals surface area contributed by atoms with Gasteiger partial charge >= 0.3 is 72.8 Å². The normalized spacial score (nSPS) is 0. The molecule has 0 bridgehead atoms. The second kappa shape index (κ2) is 24.5. The summed E-state index contributed by atoms with van der Waals surface area (Å²) < 4.78 is 0. The Labute approximate surface area is 124 Å². The van der Waals surface area contributed by atoms with Gasteiger partial charge in [-0.15, -0.1) is 0 Å². The molecule has 1 nitrogen and oxygen atoms in total. The zero-order valence-electron chi connectivity index (χ0n) is 2.09. The van der Waals surface area contributed by atoms with Crippen molar-refractivity contribution in [3.8, 4) is 0 Å². The molecule has 4 radical (unpaired) electrons. The first-order valence-corrected chi connectivity index (χ1v) is 0. The van der Waals surface area contributed by atoms with Crippen LogP contribution in [0, 0.1) is 0 Å². The fourth-order valence-electron chi connectivity index (χ4n) is 0. The summed E-state index contributed by atoms with van der Waals surface area (Å²) in [6, 6.07) is 0. The Morgan fingerprint density at radius 2 is 1.00 bits per heavy atom. The minimum atomic E-state index is 0. The van der Waals surface area contributed by atoms with Crippen molar-refractivity contribution in [1.29, 1.82) is 0 Å². The standard InChI is InChI=1S/Cu.H2O.Pb.Sr.Y.4H/h;1H2;;;;;;;. The predicted octanol–water partition coefficient (Wildman–Crippen LogP) is -2.66. The topological polar surface area (TPSA) is 31.5 Å². The van der Waals surface area contributed by atoms with Crippen molar-refractivity contribution in [3.05, 3.63) is 0 Å². The van der Waals surface area contributed by atoms with Crippen LogP contribution in [0.2, 0.25) is 0 Å². The first-order valence-electron chi connectivity index (χ1n) is 0. The molecule has 0 saturated heterocycles. The average Bonchev–Trinajstić information content (AvgIpc) is 0. The Morgan fingerprint density at radius 1 is 1.00 bits per heavy atom. The molecule has 0 fully saturated rings. The molecule has 0 heterocycles. The van der Waals surface area contributed by atoms with E-state index in [1.54, 1.807) is 0 Å². The zero-order chi connectivity index (χ0) is 0. The van der Waals surface area contributed by atoms with Crippen LogP contribution in [0.3, 0.4) is 0 Å². The number of hydrogen-bond acceptors (Lipinski definition) is 0. The predicted molar refractivity (Wildman–Crippen MR) is 20.7 cm³/mol. The van der Waals surface area contributed by atoms with Gasteiger partial charge in [0.2, 0.25) is 0 Å². The summed E-state index contributed by atoms with van der Waals surface area (Å²) in [6.07, 6.45) is 0. The molecule has 0 aromatic rings. The van der Waals surface area contributed by atoms with Gasteiger partial charge in [0.15, 0.2) is 0 Å². The van der Waals surface area contributed by atoms with Crippen molar-refractivity contribution < 1.29 is 55.3 Å². The van der Waals surface area contributed by atoms with Gasteiger partial charge in [-0.1, -0.05) is 0 Å². The maximum atomic E-state index is 0. The zero-order valence-corrected chi connectivity index (χ0v) is 11.4. The Bertz CT molecular complexity index is 11.6. The van der Waals surface area contributed by atoms with Gasteiger partial charge in [0.1, 0.15) is 0 Å². The summed E-state index contributed by atoms with van der Waals surface area (Å²) in [6.45, 7) is 0. The molecule has 0 aliphatic heterocycles. The van der Waals surface area contributed by atoms with Crippen molar-refractivity contribution >= 4 is 72.8 Å². The van der Waals surface area contributed by atoms with Crippen LogP contribution in [-0.4, -0.2) is 78.3 Å². The van der Waals surface area contributed by atoms with Crippen molar-refractivity contribution in [2.24, 2.45) is 0 Å². The van der Waals surface area contributed by atoms with Gasteiger partial charge in [0.05, 0.1) is 0 Å². The van der Waals surface area contributed by atoms with Crippen LogP contribution in [0.4, 0.5) is 0 Å². The van der Waals surface area contributed by atoms with E-state index in [1.165, 1.54) is 0 Å². The fourth-order valence-corrected chi connectivity index (χ4v) is 0. The van der Waals surface area contributed by atoms with E-state index in [2.05, 4.69) is 0 Å². The molecule has 0 aliphatic rings. The molecule has 0 aromatic carbocycles. The van der Waals surface area contributed by atoms with Crippen LogP contribution in [-0.2, 0) is 49.8 Å². The Hall–Kier alpha value is 3.99. The van der Waals surface area contributed by atoms with Gasteiger partial charge in [-0.2, -0.15) is 0 Å². The third-order valence-electron chi connectivity index (χ3n) is 0. The summed E-state index contributed by atoms with van der Waals surface area (Å²) >= 11 is 0. The van der Waals surface area contributed by atoms with Crippen molar-refractivity contribution in [1.82, 2.24) is 0 Å². The molecule has 0 rings (SSSR count). The Kier molecular flexibility index (Phi) is 177. The van der Waals surface area contributed by atoms with Crippen molar-refractivity contribution in [2.75, 3.05) is 0 Å². The molecular formula is H6CuOPbSrY. The van der Waals surface area contributed by atoms with E-state index in [0.29, 0.717) is 0 Å². The van der Waals surface area contributed by atoms with Gasteiger partial charge in [0.25, 0.3) is 0 Å². The summed E-state index contributed by atoms with van der Waals surface area (Å²) in [4.78, 5) is 0. The largest absolute Gasteiger partial charge is 0 e. The quantitative estimate of drug-likeness (QED) is 0.347. The van der Waals surface area contributed by atoms with Crippen LogP contribution >= 0.6 is 0 Å². The molecule has 0 aromatic heterocycles. The molecule has 0 amide bonds. The molecule has 0 unspecified atom stereocenters. The van der Waals surface area contributed by atoms with E-state index < -0.39 is 0 Å². The number of rotatable bonds is 0. The third kappa shape index (κ3) is 18.0. The van der Waals surface area contributed by atoms with Crippen LogP contribution < -0.4 is 0 Å². The van der Waals surface area contributed by atoms with E-state index in [9.17, 15) is 0 Å². The Balaban J connectivity index is 0. The van der Waals surface area contributed by atoms with Crippen molar-refractivity contribution in [3.63, 3.8) is 0 Å². The average molecular weight is 469 g/mol. The van der Waals surface area contributed by atoms with Crippen LogP contribution in [0.15, 0.2) is 0 Å². The summed E-state index contributed by atoms with van der Waals surface area (Å²) in [5.41, 5.74) is 0. The monoisotopic (exact) mass is 470 g/mol.